The Hall–Kier alpha value is -5.81. The number of hydrogen-bond acceptors (Lipinski definition) is 4. The number of thiophene rings is 1. The van der Waals surface area contributed by atoms with Gasteiger partial charge in [0.2, 0.25) is 0 Å². The average molecular weight is 1010 g/mol. The second-order valence-corrected chi connectivity index (χ2v) is 27.7. The highest BCUT2D eigenvalue weighted by molar-refractivity contribution is 7.17. The van der Waals surface area contributed by atoms with Crippen LogP contribution >= 0.6 is 22.9 Å². The van der Waals surface area contributed by atoms with Crippen LogP contribution in [0.3, 0.4) is 0 Å². The highest BCUT2D eigenvalue weighted by Gasteiger charge is 2.30. The molecule has 0 radical (unpaired) electrons. The van der Waals surface area contributed by atoms with E-state index in [9.17, 15) is 0 Å². The van der Waals surface area contributed by atoms with Crippen molar-refractivity contribution in [3.05, 3.63) is 195 Å². The lowest BCUT2D eigenvalue weighted by Gasteiger charge is -2.34. The van der Waals surface area contributed by atoms with Gasteiger partial charge in [-0.05, 0) is 157 Å². The zero-order valence-electron chi connectivity index (χ0n) is 47.1. The van der Waals surface area contributed by atoms with Crippen molar-refractivity contribution in [2.24, 2.45) is 0 Å². The maximum absolute atomic E-state index is 8.26. The van der Waals surface area contributed by atoms with Gasteiger partial charge < -0.3 is 14.7 Å². The normalized spacial score (nSPS) is 12.9. The Balaban J connectivity index is 1.41. The van der Waals surface area contributed by atoms with E-state index in [1.807, 2.05) is 0 Å². The Kier molecular flexibility index (Phi) is 14.3. The lowest BCUT2D eigenvalue weighted by Crippen LogP contribution is -2.19. The molecule has 0 unspecified atom stereocenters. The molecular formula is C68H80ClN3S. The summed E-state index contributed by atoms with van der Waals surface area (Å²) in [4.78, 5) is 7.18. The average Bonchev–Trinajstić information content (AvgIpc) is 3.72. The van der Waals surface area contributed by atoms with Crippen molar-refractivity contribution in [1.82, 2.24) is 0 Å². The van der Waals surface area contributed by atoms with Crippen LogP contribution in [0.1, 0.15) is 158 Å². The van der Waals surface area contributed by atoms with Gasteiger partial charge in [-0.15, -0.1) is 11.3 Å². The van der Waals surface area contributed by atoms with Crippen molar-refractivity contribution >= 4 is 84.2 Å². The van der Waals surface area contributed by atoms with Gasteiger partial charge in [-0.2, -0.15) is 0 Å². The molecular weight excluding hydrogens is 926 g/mol. The van der Waals surface area contributed by atoms with E-state index in [1.165, 1.54) is 43.5 Å². The Bertz CT molecular complexity index is 3150. The first kappa shape index (κ1) is 53.5. The van der Waals surface area contributed by atoms with Gasteiger partial charge >= 0.3 is 0 Å². The summed E-state index contributed by atoms with van der Waals surface area (Å²) in [5.41, 5.74) is 16.7. The molecule has 0 aliphatic heterocycles. The quantitative estimate of drug-likeness (QED) is 0.143. The van der Waals surface area contributed by atoms with Crippen LogP contribution in [0.25, 0.3) is 10.1 Å². The summed E-state index contributed by atoms with van der Waals surface area (Å²) < 4.78 is 1.24. The molecule has 380 valence electrons. The van der Waals surface area contributed by atoms with E-state index in [4.69, 9.17) is 11.6 Å². The summed E-state index contributed by atoms with van der Waals surface area (Å²) in [6.45, 7) is 41.1. The molecule has 0 atom stereocenters. The van der Waals surface area contributed by atoms with Crippen LogP contribution in [0.15, 0.2) is 157 Å². The monoisotopic (exact) mass is 1010 g/mol. The second-order valence-electron chi connectivity index (χ2n) is 26.4. The molecule has 73 heavy (non-hydrogen) atoms. The number of anilines is 9. The molecule has 0 aliphatic rings. The van der Waals surface area contributed by atoms with Crippen molar-refractivity contribution in [2.45, 2.75) is 157 Å². The molecule has 0 aliphatic carbocycles. The van der Waals surface area contributed by atoms with Gasteiger partial charge in [0.15, 0.2) is 0 Å². The standard InChI is InChI=1S/C68H80ClN3S/c1-63(2,3)45-22-31-51(32-23-45)70(52-33-24-46(25-34-52)64(4,5)6)55-20-19-21-56(43-55)71(53-35-26-47(27-36-53)65(7,8)9)58-41-50(68(16,17)18)42-59(62(58)69)72(54-37-28-48(29-38-54)66(10,11)12)60-44-73-61-39-30-49(40-57(60)61)67(13,14)15/h19-44H,1-18H3. The van der Waals surface area contributed by atoms with Crippen LogP contribution in [0.2, 0.25) is 5.02 Å². The number of nitrogens with zero attached hydrogens (tertiary/aromatic N) is 3. The maximum Gasteiger partial charge on any atom is 0.0887 e. The third-order valence-electron chi connectivity index (χ3n) is 14.4. The minimum Gasteiger partial charge on any atom is -0.310 e. The van der Waals surface area contributed by atoms with Crippen LogP contribution in [0.5, 0.6) is 0 Å². The molecule has 0 saturated carbocycles. The predicted octanol–water partition coefficient (Wildman–Crippen LogP) is 21.7. The first-order chi connectivity index (χ1) is 33.9. The molecule has 0 amide bonds. The molecule has 1 heterocycles. The molecule has 0 bridgehead atoms. The van der Waals surface area contributed by atoms with E-state index < -0.39 is 0 Å². The zero-order chi connectivity index (χ0) is 53.2. The first-order valence-corrected chi connectivity index (χ1v) is 27.4. The smallest absolute Gasteiger partial charge is 0.0887 e. The van der Waals surface area contributed by atoms with Crippen LogP contribution in [-0.4, -0.2) is 0 Å². The molecule has 0 saturated heterocycles. The van der Waals surface area contributed by atoms with Gasteiger partial charge in [0.05, 0.1) is 22.1 Å². The number of hydrogen-bond donors (Lipinski definition) is 0. The second kappa shape index (κ2) is 19.5. The lowest BCUT2D eigenvalue weighted by atomic mass is 9.85. The topological polar surface area (TPSA) is 9.72 Å². The summed E-state index contributed by atoms with van der Waals surface area (Å²) in [6.07, 6.45) is 0. The van der Waals surface area contributed by atoms with Crippen LogP contribution in [-0.2, 0) is 32.5 Å². The number of benzene rings is 7. The molecule has 1 aromatic heterocycles. The minimum atomic E-state index is -0.231. The van der Waals surface area contributed by atoms with Gasteiger partial charge in [0.25, 0.3) is 0 Å². The minimum absolute atomic E-state index is 0.00404. The Morgan fingerprint density at radius 2 is 0.630 bits per heavy atom. The maximum atomic E-state index is 8.26. The third kappa shape index (κ3) is 11.5. The van der Waals surface area contributed by atoms with E-state index in [0.717, 1.165) is 51.2 Å². The van der Waals surface area contributed by atoms with E-state index in [-0.39, 0.29) is 32.5 Å². The van der Waals surface area contributed by atoms with Crippen LogP contribution < -0.4 is 14.7 Å². The van der Waals surface area contributed by atoms with Gasteiger partial charge in [0.1, 0.15) is 0 Å². The highest BCUT2D eigenvalue weighted by Crippen LogP contribution is 2.52. The van der Waals surface area contributed by atoms with E-state index in [2.05, 4.69) is 296 Å². The van der Waals surface area contributed by atoms with Crippen LogP contribution in [0, 0.1) is 0 Å². The summed E-state index contributed by atoms with van der Waals surface area (Å²) >= 11 is 10.0. The Morgan fingerprint density at radius 1 is 0.301 bits per heavy atom. The molecule has 8 rings (SSSR count). The Morgan fingerprint density at radius 3 is 1.01 bits per heavy atom. The van der Waals surface area contributed by atoms with Crippen molar-refractivity contribution in [3.8, 4) is 0 Å². The van der Waals surface area contributed by atoms with Crippen molar-refractivity contribution in [1.29, 1.82) is 0 Å². The molecule has 7 aromatic carbocycles. The zero-order valence-corrected chi connectivity index (χ0v) is 48.7. The SMILES string of the molecule is CC(C)(C)c1ccc(N(c2ccc(C(C)(C)C)cc2)c2cccc(N(c3ccc(C(C)(C)C)cc3)c3cc(C(C)(C)C)cc(N(c4ccc(C(C)(C)C)cc4)c4csc5ccc(C(C)(C)C)cc45)c3Cl)c2)cc1. The number of fused-ring (bicyclic) bond motifs is 1. The van der Waals surface area contributed by atoms with Crippen LogP contribution in [0.4, 0.5) is 51.2 Å². The van der Waals surface area contributed by atoms with Crippen molar-refractivity contribution in [2.75, 3.05) is 14.7 Å². The van der Waals surface area contributed by atoms with E-state index in [1.54, 1.807) is 11.3 Å². The predicted molar refractivity (Wildman–Crippen MR) is 323 cm³/mol. The van der Waals surface area contributed by atoms with E-state index >= 15 is 0 Å². The number of rotatable bonds is 9. The lowest BCUT2D eigenvalue weighted by molar-refractivity contribution is 0.589. The first-order valence-electron chi connectivity index (χ1n) is 26.2. The summed E-state index contributed by atoms with van der Waals surface area (Å²) in [5, 5.41) is 4.19. The largest absolute Gasteiger partial charge is 0.310 e. The van der Waals surface area contributed by atoms with Gasteiger partial charge in [-0.1, -0.05) is 197 Å². The van der Waals surface area contributed by atoms with E-state index in [0.29, 0.717) is 5.02 Å². The molecule has 0 spiro atoms. The molecule has 8 aromatic rings. The third-order valence-corrected chi connectivity index (χ3v) is 15.7. The summed E-state index contributed by atoms with van der Waals surface area (Å²) in [5.74, 6) is 0. The highest BCUT2D eigenvalue weighted by atomic mass is 35.5. The van der Waals surface area contributed by atoms with Crippen molar-refractivity contribution < 1.29 is 0 Å². The van der Waals surface area contributed by atoms with Gasteiger partial charge in [-0.25, -0.2) is 0 Å². The van der Waals surface area contributed by atoms with Crippen molar-refractivity contribution in [3.63, 3.8) is 0 Å². The molecule has 0 N–H and O–H groups in total. The fraction of sp³-hybridized carbons (Fsp3) is 0.353. The van der Waals surface area contributed by atoms with Gasteiger partial charge in [0, 0.05) is 49.6 Å². The fourth-order valence-corrected chi connectivity index (χ4v) is 10.7. The summed E-state index contributed by atoms with van der Waals surface area (Å²) in [7, 11) is 0. The molecule has 0 fully saturated rings. The number of halogens is 1. The van der Waals surface area contributed by atoms with Gasteiger partial charge in [-0.3, -0.25) is 0 Å². The molecule has 5 heteroatoms. The Labute approximate surface area is 448 Å². The fourth-order valence-electron chi connectivity index (χ4n) is 9.50. The summed E-state index contributed by atoms with van der Waals surface area (Å²) in [6, 6.07) is 57.0. The molecule has 3 nitrogen and oxygen atoms in total.